The molecule has 0 saturated carbocycles. The van der Waals surface area contributed by atoms with E-state index in [-0.39, 0.29) is 0 Å². The van der Waals surface area contributed by atoms with Crippen molar-refractivity contribution in [3.8, 4) is 23.7 Å². The van der Waals surface area contributed by atoms with Crippen LogP contribution in [0.25, 0.3) is 0 Å². The molecule has 3 rings (SSSR count). The Morgan fingerprint density at radius 3 is 1.62 bits per heavy atom. The highest BCUT2D eigenvalue weighted by molar-refractivity contribution is 7.13. The van der Waals surface area contributed by atoms with Gasteiger partial charge in [0.05, 0.1) is 9.75 Å². The van der Waals surface area contributed by atoms with E-state index in [9.17, 15) is 0 Å². The van der Waals surface area contributed by atoms with Crippen molar-refractivity contribution >= 4 is 11.3 Å². The molecule has 0 aliphatic carbocycles. The Balaban J connectivity index is 1.58. The van der Waals surface area contributed by atoms with Crippen LogP contribution < -0.4 is 10.6 Å². The monoisotopic (exact) mass is 298 g/mol. The Morgan fingerprint density at radius 1 is 0.762 bits per heavy atom. The molecule has 21 heavy (non-hydrogen) atoms. The SMILES string of the molecule is C(#CC1CCNCC1)c1ccc(C#CC2CCNCC2)s1. The van der Waals surface area contributed by atoms with Crippen LogP contribution >= 0.6 is 11.3 Å². The lowest BCUT2D eigenvalue weighted by Gasteiger charge is -2.17. The van der Waals surface area contributed by atoms with Gasteiger partial charge >= 0.3 is 0 Å². The fourth-order valence-electron chi connectivity index (χ4n) is 2.75. The summed E-state index contributed by atoms with van der Waals surface area (Å²) < 4.78 is 0. The van der Waals surface area contributed by atoms with Crippen molar-refractivity contribution in [3.05, 3.63) is 21.9 Å². The van der Waals surface area contributed by atoms with Crippen LogP contribution in [0, 0.1) is 35.5 Å². The number of hydrogen-bond acceptors (Lipinski definition) is 3. The van der Waals surface area contributed by atoms with Gasteiger partial charge in [-0.2, -0.15) is 0 Å². The van der Waals surface area contributed by atoms with Gasteiger partial charge in [-0.05, 0) is 64.0 Å². The summed E-state index contributed by atoms with van der Waals surface area (Å²) in [6.45, 7) is 4.43. The Morgan fingerprint density at radius 2 is 1.19 bits per heavy atom. The second kappa shape index (κ2) is 7.66. The van der Waals surface area contributed by atoms with E-state index < -0.39 is 0 Å². The van der Waals surface area contributed by atoms with Crippen molar-refractivity contribution in [3.63, 3.8) is 0 Å². The highest BCUT2D eigenvalue weighted by Gasteiger charge is 2.10. The zero-order chi connectivity index (χ0) is 14.3. The summed E-state index contributed by atoms with van der Waals surface area (Å²) in [6, 6.07) is 4.23. The van der Waals surface area contributed by atoms with Crippen LogP contribution in [0.3, 0.4) is 0 Å². The largest absolute Gasteiger partial charge is 0.317 e. The molecule has 0 aromatic carbocycles. The van der Waals surface area contributed by atoms with Gasteiger partial charge in [-0.1, -0.05) is 23.7 Å². The van der Waals surface area contributed by atoms with Gasteiger partial charge in [0.25, 0.3) is 0 Å². The normalized spacial score (nSPS) is 20.2. The van der Waals surface area contributed by atoms with Crippen molar-refractivity contribution in [1.29, 1.82) is 0 Å². The first-order valence-electron chi connectivity index (χ1n) is 7.94. The molecule has 2 nitrogen and oxygen atoms in total. The van der Waals surface area contributed by atoms with Crippen molar-refractivity contribution in [2.45, 2.75) is 25.7 Å². The third-order valence-electron chi connectivity index (χ3n) is 4.08. The molecule has 0 amide bonds. The molecule has 1 aromatic rings. The van der Waals surface area contributed by atoms with E-state index in [1.807, 2.05) is 0 Å². The van der Waals surface area contributed by atoms with E-state index in [1.54, 1.807) is 11.3 Å². The summed E-state index contributed by atoms with van der Waals surface area (Å²) in [4.78, 5) is 2.31. The lowest BCUT2D eigenvalue weighted by atomic mass is 9.99. The minimum Gasteiger partial charge on any atom is -0.317 e. The predicted octanol–water partition coefficient (Wildman–Crippen LogP) is 2.45. The maximum absolute atomic E-state index is 3.42. The summed E-state index contributed by atoms with van der Waals surface area (Å²) in [5, 5.41) is 6.75. The maximum atomic E-state index is 3.42. The van der Waals surface area contributed by atoms with Crippen LogP contribution in [0.4, 0.5) is 0 Å². The van der Waals surface area contributed by atoms with Gasteiger partial charge < -0.3 is 10.6 Å². The number of hydrogen-bond donors (Lipinski definition) is 2. The molecule has 110 valence electrons. The molecule has 2 saturated heterocycles. The molecule has 3 heteroatoms. The number of nitrogens with one attached hydrogen (secondary N) is 2. The van der Waals surface area contributed by atoms with Crippen LogP contribution in [0.2, 0.25) is 0 Å². The topological polar surface area (TPSA) is 24.1 Å². The highest BCUT2D eigenvalue weighted by Crippen LogP contribution is 2.17. The Hall–Kier alpha value is -1.26. The average Bonchev–Trinajstić information content (AvgIpc) is 3.01. The molecule has 2 fully saturated rings. The summed E-state index contributed by atoms with van der Waals surface area (Å²) in [7, 11) is 0. The Bertz CT molecular complexity index is 519. The molecule has 0 atom stereocenters. The quantitative estimate of drug-likeness (QED) is 0.719. The van der Waals surface area contributed by atoms with Gasteiger partial charge in [0.1, 0.15) is 0 Å². The molecule has 0 bridgehead atoms. The zero-order valence-electron chi connectivity index (χ0n) is 12.4. The van der Waals surface area contributed by atoms with E-state index in [2.05, 4.69) is 46.4 Å². The maximum Gasteiger partial charge on any atom is 0.0781 e. The summed E-state index contributed by atoms with van der Waals surface area (Å²) in [5.41, 5.74) is 0. The number of thiophene rings is 1. The van der Waals surface area contributed by atoms with E-state index >= 15 is 0 Å². The molecule has 2 aliphatic rings. The Kier molecular flexibility index (Phi) is 5.35. The van der Waals surface area contributed by atoms with Crippen LogP contribution in [-0.4, -0.2) is 26.2 Å². The molecule has 2 aliphatic heterocycles. The molecule has 0 unspecified atom stereocenters. The van der Waals surface area contributed by atoms with Gasteiger partial charge in [-0.3, -0.25) is 0 Å². The van der Waals surface area contributed by atoms with Gasteiger partial charge in [0.2, 0.25) is 0 Å². The standard InChI is InChI=1S/C18H22N2S/c1(15-7-11-19-12-8-15)3-17-5-6-18(21-17)4-2-16-9-13-20-14-10-16/h5-6,15-16,19-20H,7-14H2. The van der Waals surface area contributed by atoms with E-state index in [0.29, 0.717) is 11.8 Å². The van der Waals surface area contributed by atoms with Crippen LogP contribution in [0.1, 0.15) is 35.4 Å². The molecule has 3 heterocycles. The first-order chi connectivity index (χ1) is 10.4. The fraction of sp³-hybridized carbons (Fsp3) is 0.556. The van der Waals surface area contributed by atoms with Crippen molar-refractivity contribution in [2.24, 2.45) is 11.8 Å². The molecular formula is C18H22N2S. The van der Waals surface area contributed by atoms with E-state index in [0.717, 1.165) is 35.9 Å². The van der Waals surface area contributed by atoms with Gasteiger partial charge in [-0.15, -0.1) is 11.3 Å². The predicted molar refractivity (Wildman–Crippen MR) is 89.3 cm³/mol. The number of rotatable bonds is 0. The minimum absolute atomic E-state index is 0.567. The highest BCUT2D eigenvalue weighted by atomic mass is 32.1. The van der Waals surface area contributed by atoms with E-state index in [1.165, 1.54) is 25.7 Å². The van der Waals surface area contributed by atoms with Crippen LogP contribution in [-0.2, 0) is 0 Å². The fourth-order valence-corrected chi connectivity index (χ4v) is 3.48. The second-order valence-electron chi connectivity index (χ2n) is 5.75. The van der Waals surface area contributed by atoms with Crippen LogP contribution in [0.5, 0.6) is 0 Å². The average molecular weight is 298 g/mol. The third-order valence-corrected chi connectivity index (χ3v) is 5.00. The second-order valence-corrected chi connectivity index (χ2v) is 6.83. The molecular weight excluding hydrogens is 276 g/mol. The zero-order valence-corrected chi connectivity index (χ0v) is 13.2. The Labute approximate surface area is 131 Å². The first kappa shape index (κ1) is 14.7. The molecule has 2 N–H and O–H groups in total. The molecule has 0 radical (unpaired) electrons. The van der Waals surface area contributed by atoms with Crippen molar-refractivity contribution in [2.75, 3.05) is 26.2 Å². The minimum atomic E-state index is 0.567. The smallest absolute Gasteiger partial charge is 0.0781 e. The van der Waals surface area contributed by atoms with Crippen molar-refractivity contribution < 1.29 is 0 Å². The van der Waals surface area contributed by atoms with E-state index in [4.69, 9.17) is 0 Å². The molecule has 1 aromatic heterocycles. The number of piperidine rings is 2. The lowest BCUT2D eigenvalue weighted by molar-refractivity contribution is 0.447. The summed E-state index contributed by atoms with van der Waals surface area (Å²) in [5.74, 6) is 14.6. The van der Waals surface area contributed by atoms with Crippen molar-refractivity contribution in [1.82, 2.24) is 10.6 Å². The molecule has 0 spiro atoms. The lowest BCUT2D eigenvalue weighted by Crippen LogP contribution is -2.26. The van der Waals surface area contributed by atoms with Crippen LogP contribution in [0.15, 0.2) is 12.1 Å². The van der Waals surface area contributed by atoms with Gasteiger partial charge in [0.15, 0.2) is 0 Å². The van der Waals surface area contributed by atoms with Gasteiger partial charge in [-0.25, -0.2) is 0 Å². The summed E-state index contributed by atoms with van der Waals surface area (Å²) in [6.07, 6.45) is 4.73. The first-order valence-corrected chi connectivity index (χ1v) is 8.76. The van der Waals surface area contributed by atoms with Gasteiger partial charge in [0, 0.05) is 11.8 Å². The summed E-state index contributed by atoms with van der Waals surface area (Å²) >= 11 is 1.73. The third kappa shape index (κ3) is 4.61.